The van der Waals surface area contributed by atoms with E-state index in [0.29, 0.717) is 0 Å². The first-order valence-electron chi connectivity index (χ1n) is 6.89. The number of nitriles is 1. The van der Waals surface area contributed by atoms with Crippen LogP contribution in [0.5, 0.6) is 0 Å². The largest absolute Gasteiger partial charge is 0.391 e. The van der Waals surface area contributed by atoms with Gasteiger partial charge in [-0.3, -0.25) is 4.57 Å². The summed E-state index contributed by atoms with van der Waals surface area (Å²) < 4.78 is 22.7. The summed E-state index contributed by atoms with van der Waals surface area (Å²) in [7, 11) is 1.37. The van der Waals surface area contributed by atoms with E-state index >= 15 is 0 Å². The average molecular weight is 324 g/mol. The lowest BCUT2D eigenvalue weighted by Gasteiger charge is -2.28. The van der Waals surface area contributed by atoms with Crippen LogP contribution in [0.15, 0.2) is 17.1 Å². The first-order valence-corrected chi connectivity index (χ1v) is 6.89. The molecule has 0 amide bonds. The van der Waals surface area contributed by atoms with E-state index in [1.807, 2.05) is 6.07 Å². The minimum atomic E-state index is -1.85. The van der Waals surface area contributed by atoms with Crippen LogP contribution in [0.1, 0.15) is 6.92 Å². The molecule has 3 heterocycles. The van der Waals surface area contributed by atoms with Crippen molar-refractivity contribution in [2.75, 3.05) is 12.8 Å². The molecule has 2 saturated heterocycles. The van der Waals surface area contributed by atoms with Gasteiger partial charge in [0.25, 0.3) is 12.2 Å². The van der Waals surface area contributed by atoms with E-state index < -0.39 is 42.3 Å². The van der Waals surface area contributed by atoms with Crippen LogP contribution in [-0.4, -0.2) is 52.7 Å². The number of aromatic nitrogens is 2. The molecule has 124 valence electrons. The molecule has 3 N–H and O–H groups in total. The molecule has 2 fully saturated rings. The van der Waals surface area contributed by atoms with Crippen molar-refractivity contribution >= 4 is 5.82 Å². The quantitative estimate of drug-likeness (QED) is 0.678. The second-order valence-electron chi connectivity index (χ2n) is 5.32. The fraction of sp³-hybridized carbons (Fsp3) is 0.615. The lowest BCUT2D eigenvalue weighted by atomic mass is 10.0. The van der Waals surface area contributed by atoms with Crippen molar-refractivity contribution in [3.05, 3.63) is 22.7 Å². The molecule has 6 atom stereocenters. The molecule has 3 rings (SSSR count). The Bertz CT molecular complexity index is 700. The van der Waals surface area contributed by atoms with E-state index in [9.17, 15) is 15.2 Å². The summed E-state index contributed by atoms with van der Waals surface area (Å²) in [6.07, 6.45) is -2.33. The minimum absolute atomic E-state index is 0.0133. The summed E-state index contributed by atoms with van der Waals surface area (Å²) >= 11 is 0. The Labute approximate surface area is 130 Å². The monoisotopic (exact) mass is 324 g/mol. The van der Waals surface area contributed by atoms with E-state index in [4.69, 9.17) is 24.7 Å². The molecular formula is C13H16N4O6. The van der Waals surface area contributed by atoms with Gasteiger partial charge in [-0.05, 0) is 13.0 Å². The van der Waals surface area contributed by atoms with Crippen molar-refractivity contribution in [2.24, 2.45) is 0 Å². The number of methoxy groups -OCH3 is 1. The highest BCUT2D eigenvalue weighted by Crippen LogP contribution is 2.43. The third-order valence-corrected chi connectivity index (χ3v) is 3.86. The summed E-state index contributed by atoms with van der Waals surface area (Å²) in [6.45, 7) is 0.461. The lowest BCUT2D eigenvalue weighted by molar-refractivity contribution is -0.270. The van der Waals surface area contributed by atoms with Gasteiger partial charge in [0.05, 0.1) is 6.10 Å². The highest BCUT2D eigenvalue weighted by molar-refractivity contribution is 5.25. The van der Waals surface area contributed by atoms with Crippen LogP contribution in [-0.2, 0) is 24.7 Å². The van der Waals surface area contributed by atoms with E-state index in [0.717, 1.165) is 4.57 Å². The van der Waals surface area contributed by atoms with Gasteiger partial charge in [-0.15, -0.1) is 0 Å². The maximum atomic E-state index is 12.2. The van der Waals surface area contributed by atoms with Gasteiger partial charge in [-0.2, -0.15) is 10.2 Å². The summed E-state index contributed by atoms with van der Waals surface area (Å²) in [5.41, 5.74) is 2.85. The molecule has 23 heavy (non-hydrogen) atoms. The number of rotatable bonds is 3. The molecule has 0 radical (unpaired) electrons. The van der Waals surface area contributed by atoms with E-state index in [1.165, 1.54) is 26.3 Å². The highest BCUT2D eigenvalue weighted by Gasteiger charge is 2.64. The van der Waals surface area contributed by atoms with Crippen LogP contribution in [0, 0.1) is 11.3 Å². The highest BCUT2D eigenvalue weighted by atomic mass is 16.9. The Balaban J connectivity index is 2.11. The zero-order valence-electron chi connectivity index (χ0n) is 12.4. The number of nitrogens with two attached hydrogens (primary N) is 1. The molecule has 0 bridgehead atoms. The third-order valence-electron chi connectivity index (χ3n) is 3.86. The van der Waals surface area contributed by atoms with Crippen LogP contribution < -0.4 is 11.4 Å². The number of nitrogens with zero attached hydrogens (tertiary/aromatic N) is 3. The number of ether oxygens (including phenoxy) is 4. The van der Waals surface area contributed by atoms with E-state index in [-0.39, 0.29) is 5.82 Å². The molecule has 2 aliphatic heterocycles. The predicted octanol–water partition coefficient (Wildman–Crippen LogP) is -1.50. The zero-order chi connectivity index (χ0) is 16.8. The predicted molar refractivity (Wildman–Crippen MR) is 73.6 cm³/mol. The number of aliphatic hydroxyl groups excluding tert-OH is 1. The topological polar surface area (TPSA) is 142 Å². The van der Waals surface area contributed by atoms with Gasteiger partial charge in [0, 0.05) is 13.3 Å². The SMILES string of the molecule is COC1O[C@@H]2[C@@H]([C@@H](C)O)O[C@@](C#N)(n3ccc(N)nc3=O)[C@@H]2O1. The molecule has 1 aromatic heterocycles. The van der Waals surface area contributed by atoms with Crippen molar-refractivity contribution in [3.63, 3.8) is 0 Å². The van der Waals surface area contributed by atoms with E-state index in [1.54, 1.807) is 0 Å². The fourth-order valence-electron chi connectivity index (χ4n) is 2.83. The van der Waals surface area contributed by atoms with Crippen molar-refractivity contribution in [1.82, 2.24) is 9.55 Å². The second kappa shape index (κ2) is 5.55. The Morgan fingerprint density at radius 1 is 1.61 bits per heavy atom. The van der Waals surface area contributed by atoms with Crippen LogP contribution >= 0.6 is 0 Å². The van der Waals surface area contributed by atoms with Gasteiger partial charge >= 0.3 is 5.69 Å². The summed E-state index contributed by atoms with van der Waals surface area (Å²) in [5, 5.41) is 19.6. The third kappa shape index (κ3) is 2.30. The fourth-order valence-corrected chi connectivity index (χ4v) is 2.83. The molecule has 10 nitrogen and oxygen atoms in total. The molecule has 10 heteroatoms. The number of hydrogen-bond acceptors (Lipinski definition) is 9. The second-order valence-corrected chi connectivity index (χ2v) is 5.32. The molecule has 0 saturated carbocycles. The van der Waals surface area contributed by atoms with E-state index in [2.05, 4.69) is 4.98 Å². The minimum Gasteiger partial charge on any atom is -0.391 e. The first kappa shape index (κ1) is 15.9. The summed E-state index contributed by atoms with van der Waals surface area (Å²) in [5.74, 6) is 0.0133. The molecule has 2 aliphatic rings. The van der Waals surface area contributed by atoms with Crippen molar-refractivity contribution in [3.8, 4) is 6.07 Å². The summed E-state index contributed by atoms with van der Waals surface area (Å²) in [6, 6.07) is 3.30. The standard InChI is InChI=1S/C13H16N4O6/c1-6(18)8-9-10(22-12(20-2)21-9)13(5-14,23-8)17-4-3-7(15)16-11(17)19/h3-4,6,8-10,12,18H,1-2H3,(H2,15,16,19)/t6-,8-,9-,10-,12?,13-/m1/s1. The maximum absolute atomic E-state index is 12.2. The normalized spacial score (nSPS) is 37.3. The van der Waals surface area contributed by atoms with Gasteiger partial charge in [-0.25, -0.2) is 4.79 Å². The van der Waals surface area contributed by atoms with Gasteiger partial charge in [-0.1, -0.05) is 0 Å². The molecule has 0 aromatic carbocycles. The zero-order valence-corrected chi connectivity index (χ0v) is 12.4. The Morgan fingerprint density at radius 2 is 2.35 bits per heavy atom. The molecule has 1 aromatic rings. The van der Waals surface area contributed by atoms with Crippen LogP contribution in [0.2, 0.25) is 0 Å². The Morgan fingerprint density at radius 3 is 2.91 bits per heavy atom. The van der Waals surface area contributed by atoms with Gasteiger partial charge < -0.3 is 29.8 Å². The number of anilines is 1. The molecule has 1 unspecified atom stereocenters. The van der Waals surface area contributed by atoms with Crippen LogP contribution in [0.25, 0.3) is 0 Å². The number of hydrogen-bond donors (Lipinski definition) is 2. The van der Waals surface area contributed by atoms with Gasteiger partial charge in [0.1, 0.15) is 24.1 Å². The summed E-state index contributed by atoms with van der Waals surface area (Å²) in [4.78, 5) is 15.8. The Hall–Kier alpha value is -2.03. The lowest BCUT2D eigenvalue weighted by Crippen LogP contribution is -2.49. The van der Waals surface area contributed by atoms with Crippen molar-refractivity contribution < 1.29 is 24.1 Å². The first-order chi connectivity index (χ1) is 10.9. The van der Waals surface area contributed by atoms with Crippen molar-refractivity contribution in [2.45, 2.75) is 43.5 Å². The van der Waals surface area contributed by atoms with Crippen LogP contribution in [0.4, 0.5) is 5.82 Å². The number of fused-ring (bicyclic) bond motifs is 1. The van der Waals surface area contributed by atoms with Crippen molar-refractivity contribution in [1.29, 1.82) is 5.26 Å². The molecule has 0 aliphatic carbocycles. The average Bonchev–Trinajstić information content (AvgIpc) is 3.05. The molecule has 0 spiro atoms. The maximum Gasteiger partial charge on any atom is 0.352 e. The number of nitrogen functional groups attached to an aromatic ring is 1. The molecular weight excluding hydrogens is 308 g/mol. The van der Waals surface area contributed by atoms with Crippen LogP contribution in [0.3, 0.4) is 0 Å². The Kier molecular flexibility index (Phi) is 3.83. The smallest absolute Gasteiger partial charge is 0.352 e. The number of aliphatic hydroxyl groups is 1. The van der Waals surface area contributed by atoms with Gasteiger partial charge in [0.15, 0.2) is 6.10 Å². The van der Waals surface area contributed by atoms with Gasteiger partial charge in [0.2, 0.25) is 0 Å².